The number of hydrogen-bond donors (Lipinski definition) is 2. The van der Waals surface area contributed by atoms with Gasteiger partial charge in [-0.3, -0.25) is 0 Å². The smallest absolute Gasteiger partial charge is 0.119 e. The summed E-state index contributed by atoms with van der Waals surface area (Å²) in [5, 5.41) is 13.1. The van der Waals surface area contributed by atoms with Gasteiger partial charge >= 0.3 is 0 Å². The molecule has 0 aliphatic carbocycles. The van der Waals surface area contributed by atoms with Crippen LogP contribution < -0.4 is 14.8 Å². The first-order valence-electron chi connectivity index (χ1n) is 6.88. The van der Waals surface area contributed by atoms with Gasteiger partial charge < -0.3 is 19.9 Å². The number of benzene rings is 1. The van der Waals surface area contributed by atoms with Crippen LogP contribution in [-0.4, -0.2) is 31.5 Å². The Morgan fingerprint density at radius 3 is 2.48 bits per heavy atom. The molecule has 1 atom stereocenters. The van der Waals surface area contributed by atoms with Gasteiger partial charge in [0.05, 0.1) is 7.11 Å². The highest BCUT2D eigenvalue weighted by molar-refractivity contribution is 7.11. The Labute approximate surface area is 129 Å². The molecule has 0 saturated carbocycles. The summed E-state index contributed by atoms with van der Waals surface area (Å²) in [4.78, 5) is 2.57. The summed E-state index contributed by atoms with van der Waals surface area (Å²) < 4.78 is 10.6. The van der Waals surface area contributed by atoms with Crippen molar-refractivity contribution in [1.29, 1.82) is 0 Å². The van der Waals surface area contributed by atoms with Gasteiger partial charge in [-0.05, 0) is 43.3 Å². The van der Waals surface area contributed by atoms with E-state index >= 15 is 0 Å². The fraction of sp³-hybridized carbons (Fsp3) is 0.375. The molecule has 1 heterocycles. The third-order valence-electron chi connectivity index (χ3n) is 2.98. The fourth-order valence-electron chi connectivity index (χ4n) is 1.87. The van der Waals surface area contributed by atoms with E-state index in [0.717, 1.165) is 18.0 Å². The van der Waals surface area contributed by atoms with Crippen LogP contribution in [0.4, 0.5) is 0 Å². The summed E-state index contributed by atoms with van der Waals surface area (Å²) >= 11 is 1.77. The Kier molecular flexibility index (Phi) is 6.04. The number of nitrogens with one attached hydrogen (secondary N) is 1. The molecule has 4 nitrogen and oxygen atoms in total. The second-order valence-electron chi connectivity index (χ2n) is 4.78. The first-order chi connectivity index (χ1) is 10.2. The van der Waals surface area contributed by atoms with Gasteiger partial charge in [0.1, 0.15) is 24.2 Å². The van der Waals surface area contributed by atoms with Crippen LogP contribution in [0.25, 0.3) is 0 Å². The van der Waals surface area contributed by atoms with Crippen LogP contribution in [0.1, 0.15) is 9.75 Å². The van der Waals surface area contributed by atoms with Crippen LogP contribution in [0.3, 0.4) is 0 Å². The van der Waals surface area contributed by atoms with Crippen LogP contribution in [0, 0.1) is 6.92 Å². The zero-order chi connectivity index (χ0) is 15.1. The molecule has 1 aromatic heterocycles. The third-order valence-corrected chi connectivity index (χ3v) is 3.98. The number of hydrogen-bond acceptors (Lipinski definition) is 5. The maximum atomic E-state index is 9.89. The molecule has 0 radical (unpaired) electrons. The quantitative estimate of drug-likeness (QED) is 0.787. The lowest BCUT2D eigenvalue weighted by molar-refractivity contribution is 0.106. The number of thiophene rings is 1. The minimum atomic E-state index is -0.534. The van der Waals surface area contributed by atoms with Gasteiger partial charge in [-0.25, -0.2) is 0 Å². The van der Waals surface area contributed by atoms with Crippen LogP contribution in [0.5, 0.6) is 11.5 Å². The van der Waals surface area contributed by atoms with E-state index in [-0.39, 0.29) is 6.61 Å². The monoisotopic (exact) mass is 307 g/mol. The number of ether oxygens (including phenoxy) is 2. The molecule has 0 bridgehead atoms. The number of aliphatic hydroxyl groups excluding tert-OH is 1. The van der Waals surface area contributed by atoms with Gasteiger partial charge in [-0.1, -0.05) is 0 Å². The Balaban J connectivity index is 1.65. The summed E-state index contributed by atoms with van der Waals surface area (Å²) in [6.45, 7) is 3.64. The Hall–Kier alpha value is -1.56. The number of aryl methyl sites for hydroxylation is 1. The molecule has 0 saturated heterocycles. The molecule has 5 heteroatoms. The van der Waals surface area contributed by atoms with Crippen molar-refractivity contribution in [1.82, 2.24) is 5.32 Å². The van der Waals surface area contributed by atoms with E-state index in [0.29, 0.717) is 6.54 Å². The van der Waals surface area contributed by atoms with Gasteiger partial charge in [-0.2, -0.15) is 0 Å². The molecule has 2 N–H and O–H groups in total. The Bertz CT molecular complexity index is 539. The average molecular weight is 307 g/mol. The summed E-state index contributed by atoms with van der Waals surface area (Å²) in [6.07, 6.45) is -0.534. The second-order valence-corrected chi connectivity index (χ2v) is 6.16. The van der Waals surface area contributed by atoms with E-state index < -0.39 is 6.10 Å². The second kappa shape index (κ2) is 8.02. The van der Waals surface area contributed by atoms with Crippen LogP contribution >= 0.6 is 11.3 Å². The lowest BCUT2D eigenvalue weighted by atomic mass is 10.3. The van der Waals surface area contributed by atoms with E-state index in [1.807, 2.05) is 24.3 Å². The largest absolute Gasteiger partial charge is 0.497 e. The Morgan fingerprint density at radius 1 is 1.14 bits per heavy atom. The van der Waals surface area contributed by atoms with Crippen molar-refractivity contribution in [2.24, 2.45) is 0 Å². The normalized spacial score (nSPS) is 12.1. The van der Waals surface area contributed by atoms with E-state index in [1.54, 1.807) is 18.4 Å². The number of rotatable bonds is 8. The van der Waals surface area contributed by atoms with Crippen LogP contribution in [-0.2, 0) is 6.54 Å². The first kappa shape index (κ1) is 15.8. The molecule has 0 aliphatic rings. The van der Waals surface area contributed by atoms with E-state index in [1.165, 1.54) is 9.75 Å². The van der Waals surface area contributed by atoms with Crippen molar-refractivity contribution < 1.29 is 14.6 Å². The van der Waals surface area contributed by atoms with Gasteiger partial charge in [0.15, 0.2) is 0 Å². The van der Waals surface area contributed by atoms with Crippen molar-refractivity contribution in [3.8, 4) is 11.5 Å². The lowest BCUT2D eigenvalue weighted by Gasteiger charge is -2.13. The predicted octanol–water partition coefficient (Wildman–Crippen LogP) is 2.59. The zero-order valence-corrected chi connectivity index (χ0v) is 13.2. The van der Waals surface area contributed by atoms with E-state index in [4.69, 9.17) is 9.47 Å². The molecular formula is C16H21NO3S. The molecule has 0 amide bonds. The van der Waals surface area contributed by atoms with Crippen molar-refractivity contribution in [3.63, 3.8) is 0 Å². The lowest BCUT2D eigenvalue weighted by Crippen LogP contribution is -2.30. The van der Waals surface area contributed by atoms with Gasteiger partial charge in [0.25, 0.3) is 0 Å². The van der Waals surface area contributed by atoms with Crippen molar-refractivity contribution >= 4 is 11.3 Å². The van der Waals surface area contributed by atoms with E-state index in [2.05, 4.69) is 24.4 Å². The molecule has 2 rings (SSSR count). The molecule has 0 fully saturated rings. The molecule has 2 aromatic rings. The summed E-state index contributed by atoms with van der Waals surface area (Å²) in [6, 6.07) is 11.5. The zero-order valence-electron chi connectivity index (χ0n) is 12.3. The molecule has 114 valence electrons. The minimum absolute atomic E-state index is 0.267. The summed E-state index contributed by atoms with van der Waals surface area (Å²) in [7, 11) is 1.63. The first-order valence-corrected chi connectivity index (χ1v) is 7.70. The summed E-state index contributed by atoms with van der Waals surface area (Å²) in [5.41, 5.74) is 0. The van der Waals surface area contributed by atoms with Gasteiger partial charge in [0.2, 0.25) is 0 Å². The fourth-order valence-corrected chi connectivity index (χ4v) is 2.73. The summed E-state index contributed by atoms with van der Waals surface area (Å²) in [5.74, 6) is 1.51. The topological polar surface area (TPSA) is 50.7 Å². The molecule has 0 spiro atoms. The maximum Gasteiger partial charge on any atom is 0.119 e. The van der Waals surface area contributed by atoms with Crippen molar-refractivity contribution in [2.45, 2.75) is 19.6 Å². The molecule has 21 heavy (non-hydrogen) atoms. The highest BCUT2D eigenvalue weighted by atomic mass is 32.1. The molecule has 1 unspecified atom stereocenters. The third kappa shape index (κ3) is 5.38. The number of methoxy groups -OCH3 is 1. The molecule has 0 aliphatic heterocycles. The van der Waals surface area contributed by atoms with Crippen molar-refractivity contribution in [3.05, 3.63) is 46.2 Å². The van der Waals surface area contributed by atoms with Crippen molar-refractivity contribution in [2.75, 3.05) is 20.3 Å². The Morgan fingerprint density at radius 2 is 1.86 bits per heavy atom. The van der Waals surface area contributed by atoms with Crippen LogP contribution in [0.2, 0.25) is 0 Å². The van der Waals surface area contributed by atoms with E-state index in [9.17, 15) is 5.11 Å². The average Bonchev–Trinajstić information content (AvgIpc) is 2.91. The van der Waals surface area contributed by atoms with Crippen LogP contribution in [0.15, 0.2) is 36.4 Å². The maximum absolute atomic E-state index is 9.89. The SMILES string of the molecule is COc1ccc(OCC(O)CNCc2ccc(C)s2)cc1. The minimum Gasteiger partial charge on any atom is -0.497 e. The predicted molar refractivity (Wildman–Crippen MR) is 85.3 cm³/mol. The molecule has 1 aromatic carbocycles. The van der Waals surface area contributed by atoms with Gasteiger partial charge in [0, 0.05) is 22.8 Å². The highest BCUT2D eigenvalue weighted by Crippen LogP contribution is 2.17. The highest BCUT2D eigenvalue weighted by Gasteiger charge is 2.05. The number of aliphatic hydroxyl groups is 1. The van der Waals surface area contributed by atoms with Gasteiger partial charge in [-0.15, -0.1) is 11.3 Å². The molecular weight excluding hydrogens is 286 g/mol. The standard InChI is InChI=1S/C16H21NO3S/c1-12-3-8-16(21-12)10-17-9-13(18)11-20-15-6-4-14(19-2)5-7-15/h3-8,13,17-18H,9-11H2,1-2H3.